The Morgan fingerprint density at radius 3 is 1.88 bits per heavy atom. The Kier molecular flexibility index (Phi) is 6.81. The number of amides is 2. The fourth-order valence-corrected chi connectivity index (χ4v) is 3.09. The Morgan fingerprint density at radius 1 is 0.923 bits per heavy atom. The predicted octanol–water partition coefficient (Wildman–Crippen LogP) is 4.38. The van der Waals surface area contributed by atoms with Gasteiger partial charge in [-0.2, -0.15) is 0 Å². The fraction of sp³-hybridized carbons (Fsp3) is 0.409. The summed E-state index contributed by atoms with van der Waals surface area (Å²) in [6, 6.07) is 20.3. The number of rotatable bonds is 6. The van der Waals surface area contributed by atoms with Crippen LogP contribution in [0.3, 0.4) is 0 Å². The van der Waals surface area contributed by atoms with Crippen LogP contribution in [0, 0.1) is 5.41 Å². The molecule has 0 radical (unpaired) electrons. The molecule has 0 heterocycles. The van der Waals surface area contributed by atoms with Crippen LogP contribution >= 0.6 is 0 Å². The van der Waals surface area contributed by atoms with Gasteiger partial charge in [-0.15, -0.1) is 0 Å². The average molecular weight is 354 g/mol. The molecule has 140 valence electrons. The lowest BCUT2D eigenvalue weighted by Crippen LogP contribution is -2.45. The highest BCUT2D eigenvalue weighted by Crippen LogP contribution is 2.32. The van der Waals surface area contributed by atoms with Crippen molar-refractivity contribution in [2.75, 3.05) is 20.6 Å². The molecule has 2 amide bonds. The van der Waals surface area contributed by atoms with Crippen molar-refractivity contribution >= 4 is 6.03 Å². The van der Waals surface area contributed by atoms with Gasteiger partial charge in [-0.05, 0) is 30.6 Å². The first-order valence-electron chi connectivity index (χ1n) is 9.09. The average Bonchev–Trinajstić information content (AvgIpc) is 2.60. The summed E-state index contributed by atoms with van der Waals surface area (Å²) < 4.78 is 0. The maximum atomic E-state index is 12.6. The van der Waals surface area contributed by atoms with Gasteiger partial charge in [0.2, 0.25) is 0 Å². The van der Waals surface area contributed by atoms with Gasteiger partial charge >= 0.3 is 6.03 Å². The number of benzene rings is 2. The van der Waals surface area contributed by atoms with Crippen molar-refractivity contribution < 1.29 is 4.79 Å². The van der Waals surface area contributed by atoms with Gasteiger partial charge in [-0.3, -0.25) is 0 Å². The minimum Gasteiger partial charge on any atom is -0.336 e. The molecule has 4 nitrogen and oxygen atoms in total. The highest BCUT2D eigenvalue weighted by atomic mass is 16.2. The molecule has 0 saturated carbocycles. The van der Waals surface area contributed by atoms with Gasteiger partial charge in [0, 0.05) is 6.54 Å². The van der Waals surface area contributed by atoms with Crippen LogP contribution in [0.2, 0.25) is 0 Å². The molecule has 0 spiro atoms. The molecule has 2 aromatic rings. The largest absolute Gasteiger partial charge is 0.336 e. The Hall–Kier alpha value is -2.33. The van der Waals surface area contributed by atoms with Crippen molar-refractivity contribution in [3.8, 4) is 0 Å². The maximum Gasteiger partial charge on any atom is 0.315 e. The monoisotopic (exact) mass is 353 g/mol. The van der Waals surface area contributed by atoms with Crippen molar-refractivity contribution in [1.82, 2.24) is 15.5 Å². The van der Waals surface area contributed by atoms with E-state index in [0.717, 1.165) is 5.56 Å². The smallest absolute Gasteiger partial charge is 0.315 e. The lowest BCUT2D eigenvalue weighted by Gasteiger charge is -2.32. The van der Waals surface area contributed by atoms with Crippen LogP contribution in [0.5, 0.6) is 0 Å². The van der Waals surface area contributed by atoms with Crippen molar-refractivity contribution in [3.05, 3.63) is 71.8 Å². The number of nitrogens with zero attached hydrogens (tertiary/aromatic N) is 1. The van der Waals surface area contributed by atoms with Gasteiger partial charge in [0.05, 0.1) is 12.1 Å². The highest BCUT2D eigenvalue weighted by Gasteiger charge is 2.28. The number of carbonyl (C=O) groups is 1. The Balaban J connectivity index is 2.04. The molecule has 0 fully saturated rings. The Bertz CT molecular complexity index is 678. The van der Waals surface area contributed by atoms with Crippen LogP contribution < -0.4 is 10.6 Å². The summed E-state index contributed by atoms with van der Waals surface area (Å²) in [7, 11) is 4.05. The van der Waals surface area contributed by atoms with E-state index >= 15 is 0 Å². The zero-order valence-corrected chi connectivity index (χ0v) is 16.5. The summed E-state index contributed by atoms with van der Waals surface area (Å²) in [5, 5.41) is 6.19. The van der Waals surface area contributed by atoms with E-state index in [1.807, 2.05) is 50.5 Å². The molecule has 2 N–H and O–H groups in total. The second-order valence-corrected chi connectivity index (χ2v) is 7.95. The summed E-state index contributed by atoms with van der Waals surface area (Å²) in [6.07, 6.45) is 0. The minimum atomic E-state index is -0.142. The van der Waals surface area contributed by atoms with Gasteiger partial charge in [0.15, 0.2) is 0 Å². The summed E-state index contributed by atoms with van der Waals surface area (Å²) in [5.74, 6) is 0. The van der Waals surface area contributed by atoms with Crippen molar-refractivity contribution in [2.24, 2.45) is 5.41 Å². The molecule has 4 heteroatoms. The van der Waals surface area contributed by atoms with Crippen LogP contribution in [0.4, 0.5) is 4.79 Å². The molecule has 26 heavy (non-hydrogen) atoms. The maximum absolute atomic E-state index is 12.6. The van der Waals surface area contributed by atoms with E-state index in [9.17, 15) is 4.79 Å². The molecule has 2 rings (SSSR count). The zero-order valence-electron chi connectivity index (χ0n) is 16.5. The standard InChI is InChI=1S/C22H31N3O/c1-22(2,3)20(18-14-10-7-11-15-18)24-21(26)23-16-19(25(4)5)17-12-8-6-9-13-17/h6-15,19-20H,16H2,1-5H3,(H2,23,24,26). The first kappa shape index (κ1) is 20.0. The summed E-state index contributed by atoms with van der Waals surface area (Å²) in [5.41, 5.74) is 2.22. The van der Waals surface area contributed by atoms with Crippen molar-refractivity contribution in [1.29, 1.82) is 0 Å². The Labute approximate surface area is 157 Å². The molecule has 2 unspecified atom stereocenters. The van der Waals surface area contributed by atoms with Gasteiger partial charge < -0.3 is 15.5 Å². The molecule has 0 saturated heterocycles. The van der Waals surface area contributed by atoms with Crippen LogP contribution in [-0.4, -0.2) is 31.6 Å². The third-order valence-corrected chi connectivity index (χ3v) is 4.54. The number of carbonyl (C=O) groups excluding carboxylic acids is 1. The number of nitrogens with one attached hydrogen (secondary N) is 2. The molecule has 2 atom stereocenters. The molecule has 0 bridgehead atoms. The highest BCUT2D eigenvalue weighted by molar-refractivity contribution is 5.74. The summed E-state index contributed by atoms with van der Waals surface area (Å²) in [6.45, 7) is 6.96. The van der Waals surface area contributed by atoms with E-state index in [1.54, 1.807) is 0 Å². The second-order valence-electron chi connectivity index (χ2n) is 7.95. The van der Waals surface area contributed by atoms with Crippen LogP contribution in [-0.2, 0) is 0 Å². The van der Waals surface area contributed by atoms with E-state index in [2.05, 4.69) is 60.6 Å². The van der Waals surface area contributed by atoms with E-state index in [-0.39, 0.29) is 23.5 Å². The SMILES string of the molecule is CN(C)C(CNC(=O)NC(c1ccccc1)C(C)(C)C)c1ccccc1. The van der Waals surface area contributed by atoms with Gasteiger partial charge in [-0.1, -0.05) is 81.4 Å². The lowest BCUT2D eigenvalue weighted by molar-refractivity contribution is 0.213. The van der Waals surface area contributed by atoms with Gasteiger partial charge in [0.25, 0.3) is 0 Å². The summed E-state index contributed by atoms with van der Waals surface area (Å²) >= 11 is 0. The van der Waals surface area contributed by atoms with E-state index in [1.165, 1.54) is 5.56 Å². The molecule has 0 aliphatic rings. The van der Waals surface area contributed by atoms with Gasteiger partial charge in [0.1, 0.15) is 0 Å². The second kappa shape index (κ2) is 8.86. The molecular weight excluding hydrogens is 322 g/mol. The normalized spacial score (nSPS) is 13.9. The molecule has 0 aromatic heterocycles. The van der Waals surface area contributed by atoms with E-state index < -0.39 is 0 Å². The molecular formula is C22H31N3O. The third-order valence-electron chi connectivity index (χ3n) is 4.54. The zero-order chi connectivity index (χ0) is 19.2. The molecule has 2 aromatic carbocycles. The van der Waals surface area contributed by atoms with Crippen LogP contribution in [0.25, 0.3) is 0 Å². The number of hydrogen-bond acceptors (Lipinski definition) is 2. The predicted molar refractivity (Wildman–Crippen MR) is 108 cm³/mol. The molecule has 0 aliphatic heterocycles. The van der Waals surface area contributed by atoms with Crippen molar-refractivity contribution in [3.63, 3.8) is 0 Å². The number of urea groups is 1. The van der Waals surface area contributed by atoms with Gasteiger partial charge in [-0.25, -0.2) is 4.79 Å². The number of likely N-dealkylation sites (N-methyl/N-ethyl adjacent to an activating group) is 1. The quantitative estimate of drug-likeness (QED) is 0.810. The van der Waals surface area contributed by atoms with E-state index in [4.69, 9.17) is 0 Å². The minimum absolute atomic E-state index is 0.0572. The third kappa shape index (κ3) is 5.60. The van der Waals surface area contributed by atoms with E-state index in [0.29, 0.717) is 6.54 Å². The first-order chi connectivity index (χ1) is 12.3. The topological polar surface area (TPSA) is 44.4 Å². The fourth-order valence-electron chi connectivity index (χ4n) is 3.09. The molecule has 0 aliphatic carbocycles. The lowest BCUT2D eigenvalue weighted by atomic mass is 9.82. The van der Waals surface area contributed by atoms with Crippen molar-refractivity contribution in [2.45, 2.75) is 32.9 Å². The summed E-state index contributed by atoms with van der Waals surface area (Å²) in [4.78, 5) is 14.7. The first-order valence-corrected chi connectivity index (χ1v) is 9.09. The van der Waals surface area contributed by atoms with Crippen LogP contribution in [0.1, 0.15) is 44.0 Å². The van der Waals surface area contributed by atoms with Crippen LogP contribution in [0.15, 0.2) is 60.7 Å². The Morgan fingerprint density at radius 2 is 1.42 bits per heavy atom. The number of hydrogen-bond donors (Lipinski definition) is 2.